The minimum atomic E-state index is -3.71. The van der Waals surface area contributed by atoms with Crippen LogP contribution < -0.4 is 10.6 Å². The normalized spacial score (nSPS) is 14.9. The van der Waals surface area contributed by atoms with Gasteiger partial charge in [0.05, 0.1) is 6.61 Å². The fourth-order valence-electron chi connectivity index (χ4n) is 3.17. The van der Waals surface area contributed by atoms with Gasteiger partial charge < -0.3 is 10.1 Å². The van der Waals surface area contributed by atoms with Crippen LogP contribution in [0, 0.1) is 5.92 Å². The molecular weight excluding hydrogens is 438 g/mol. The minimum absolute atomic E-state index is 0.0310. The van der Waals surface area contributed by atoms with Crippen LogP contribution in [0.2, 0.25) is 0 Å². The molecule has 0 bridgehead atoms. The molecule has 0 unspecified atom stereocenters. The van der Waals surface area contributed by atoms with Crippen LogP contribution in [0.3, 0.4) is 0 Å². The zero-order valence-corrected chi connectivity index (χ0v) is 19.2. The molecule has 2 amide bonds. The van der Waals surface area contributed by atoms with Crippen molar-refractivity contribution >= 4 is 44.7 Å². The Hall–Kier alpha value is -2.43. The number of amides is 2. The number of piperidine rings is 1. The predicted octanol–water partition coefficient (Wildman–Crippen LogP) is 4.38. The van der Waals surface area contributed by atoms with Gasteiger partial charge in [0.1, 0.15) is 9.77 Å². The fraction of sp³-hybridized carbons (Fsp3) is 0.429. The molecule has 1 aromatic heterocycles. The summed E-state index contributed by atoms with van der Waals surface area (Å²) in [4.78, 5) is 24.9. The number of ether oxygens (including phenoxy) is 1. The van der Waals surface area contributed by atoms with Crippen molar-refractivity contribution in [1.29, 1.82) is 0 Å². The zero-order chi connectivity index (χ0) is 22.4. The van der Waals surface area contributed by atoms with E-state index in [0.717, 1.165) is 30.6 Å². The molecule has 1 aromatic carbocycles. The van der Waals surface area contributed by atoms with Gasteiger partial charge in [0.15, 0.2) is 0 Å². The van der Waals surface area contributed by atoms with E-state index in [2.05, 4.69) is 10.6 Å². The lowest BCUT2D eigenvalue weighted by atomic mass is 10.2. The second-order valence-corrected chi connectivity index (χ2v) is 10.6. The van der Waals surface area contributed by atoms with E-state index in [-0.39, 0.29) is 15.7 Å². The lowest BCUT2D eigenvalue weighted by Gasteiger charge is -2.25. The standard InChI is InChI=1S/C21H27N3O5S2/c1-15(2)14-29-21(26)23-17-8-6-7-16(13-17)22-20(25)19-18(9-12-30-19)31(27,28)24-10-4-3-5-11-24/h6-9,12-13,15H,3-5,10-11,14H2,1-2H3,(H,22,25)(H,23,26). The van der Waals surface area contributed by atoms with Gasteiger partial charge in [-0.2, -0.15) is 4.31 Å². The van der Waals surface area contributed by atoms with Gasteiger partial charge in [-0.15, -0.1) is 11.3 Å². The smallest absolute Gasteiger partial charge is 0.411 e. The van der Waals surface area contributed by atoms with Crippen molar-refractivity contribution in [3.8, 4) is 0 Å². The second kappa shape index (κ2) is 10.3. The number of benzene rings is 1. The Bertz CT molecular complexity index is 1030. The summed E-state index contributed by atoms with van der Waals surface area (Å²) in [7, 11) is -3.71. The number of hydrogen-bond donors (Lipinski definition) is 2. The SMILES string of the molecule is CC(C)COC(=O)Nc1cccc(NC(=O)c2sccc2S(=O)(=O)N2CCCCC2)c1. The third-order valence-corrected chi connectivity index (χ3v) is 7.67. The van der Waals surface area contributed by atoms with Crippen molar-refractivity contribution in [2.24, 2.45) is 5.92 Å². The molecule has 0 radical (unpaired) electrons. The van der Waals surface area contributed by atoms with Gasteiger partial charge >= 0.3 is 6.09 Å². The monoisotopic (exact) mass is 465 g/mol. The van der Waals surface area contributed by atoms with Crippen LogP contribution in [0.5, 0.6) is 0 Å². The van der Waals surface area contributed by atoms with Crippen molar-refractivity contribution in [3.05, 3.63) is 40.6 Å². The van der Waals surface area contributed by atoms with Crippen molar-refractivity contribution in [3.63, 3.8) is 0 Å². The fourth-order valence-corrected chi connectivity index (χ4v) is 5.98. The van der Waals surface area contributed by atoms with E-state index in [1.165, 1.54) is 10.4 Å². The largest absolute Gasteiger partial charge is 0.449 e. The summed E-state index contributed by atoms with van der Waals surface area (Å²) in [5.74, 6) is -0.289. The van der Waals surface area contributed by atoms with Gasteiger partial charge in [-0.25, -0.2) is 13.2 Å². The molecule has 1 saturated heterocycles. The summed E-state index contributed by atoms with van der Waals surface area (Å²) >= 11 is 1.08. The molecule has 2 aromatic rings. The number of anilines is 2. The van der Waals surface area contributed by atoms with E-state index in [1.54, 1.807) is 29.6 Å². The van der Waals surface area contributed by atoms with E-state index < -0.39 is 22.0 Å². The first-order valence-electron chi connectivity index (χ1n) is 10.2. The molecule has 0 aliphatic carbocycles. The Morgan fingerprint density at radius 3 is 2.45 bits per heavy atom. The van der Waals surface area contributed by atoms with Gasteiger partial charge in [0.25, 0.3) is 5.91 Å². The summed E-state index contributed by atoms with van der Waals surface area (Å²) in [6.07, 6.45) is 2.08. The number of carbonyl (C=O) groups is 2. The Balaban J connectivity index is 1.70. The molecule has 168 valence electrons. The van der Waals surface area contributed by atoms with Crippen LogP contribution >= 0.6 is 11.3 Å². The lowest BCUT2D eigenvalue weighted by molar-refractivity contribution is 0.102. The highest BCUT2D eigenvalue weighted by Crippen LogP contribution is 2.28. The molecule has 1 aliphatic rings. The molecule has 2 N–H and O–H groups in total. The highest BCUT2D eigenvalue weighted by Gasteiger charge is 2.31. The molecule has 3 rings (SSSR count). The van der Waals surface area contributed by atoms with Crippen molar-refractivity contribution in [1.82, 2.24) is 4.31 Å². The number of sulfonamides is 1. The third-order valence-electron chi connectivity index (χ3n) is 4.68. The van der Waals surface area contributed by atoms with Crippen LogP contribution in [-0.2, 0) is 14.8 Å². The van der Waals surface area contributed by atoms with Gasteiger partial charge in [0.2, 0.25) is 10.0 Å². The summed E-state index contributed by atoms with van der Waals surface area (Å²) in [6.45, 7) is 5.12. The van der Waals surface area contributed by atoms with Gasteiger partial charge in [0, 0.05) is 24.5 Å². The first-order chi connectivity index (χ1) is 14.8. The van der Waals surface area contributed by atoms with Gasteiger partial charge in [-0.3, -0.25) is 10.1 Å². The molecule has 0 atom stereocenters. The number of nitrogens with one attached hydrogen (secondary N) is 2. The average Bonchev–Trinajstić information content (AvgIpc) is 3.24. The Kier molecular flexibility index (Phi) is 7.69. The molecule has 0 spiro atoms. The molecule has 10 heteroatoms. The van der Waals surface area contributed by atoms with E-state index in [4.69, 9.17) is 4.74 Å². The summed E-state index contributed by atoms with van der Waals surface area (Å²) in [5, 5.41) is 6.94. The first kappa shape index (κ1) is 23.2. The highest BCUT2D eigenvalue weighted by atomic mass is 32.2. The zero-order valence-electron chi connectivity index (χ0n) is 17.6. The van der Waals surface area contributed by atoms with E-state index in [9.17, 15) is 18.0 Å². The Morgan fingerprint density at radius 2 is 1.77 bits per heavy atom. The lowest BCUT2D eigenvalue weighted by Crippen LogP contribution is -2.36. The Labute approximate surface area is 186 Å². The quantitative estimate of drug-likeness (QED) is 0.631. The van der Waals surface area contributed by atoms with Crippen LogP contribution in [0.25, 0.3) is 0 Å². The van der Waals surface area contributed by atoms with E-state index >= 15 is 0 Å². The summed E-state index contributed by atoms with van der Waals surface area (Å²) < 4.78 is 32.5. The first-order valence-corrected chi connectivity index (χ1v) is 12.5. The third kappa shape index (κ3) is 6.05. The van der Waals surface area contributed by atoms with Gasteiger partial charge in [-0.05, 0) is 48.4 Å². The topological polar surface area (TPSA) is 105 Å². The Morgan fingerprint density at radius 1 is 1.10 bits per heavy atom. The summed E-state index contributed by atoms with van der Waals surface area (Å²) in [6, 6.07) is 8.07. The van der Waals surface area contributed by atoms with Crippen LogP contribution in [0.4, 0.5) is 16.2 Å². The second-order valence-electron chi connectivity index (χ2n) is 7.73. The molecule has 31 heavy (non-hydrogen) atoms. The van der Waals surface area contributed by atoms with Crippen molar-refractivity contribution in [2.75, 3.05) is 30.3 Å². The number of thiophene rings is 1. The van der Waals surface area contributed by atoms with Crippen LogP contribution in [-0.4, -0.2) is 44.4 Å². The maximum atomic E-state index is 13.0. The maximum absolute atomic E-state index is 13.0. The molecular formula is C21H27N3O5S2. The average molecular weight is 466 g/mol. The number of carbonyl (C=O) groups excluding carboxylic acids is 2. The summed E-state index contributed by atoms with van der Waals surface area (Å²) in [5.41, 5.74) is 0.889. The van der Waals surface area contributed by atoms with Crippen molar-refractivity contribution in [2.45, 2.75) is 38.0 Å². The number of nitrogens with zero attached hydrogens (tertiary/aromatic N) is 1. The van der Waals surface area contributed by atoms with Crippen LogP contribution in [0.1, 0.15) is 42.8 Å². The van der Waals surface area contributed by atoms with E-state index in [1.807, 2.05) is 13.8 Å². The van der Waals surface area contributed by atoms with Crippen molar-refractivity contribution < 1.29 is 22.7 Å². The highest BCUT2D eigenvalue weighted by molar-refractivity contribution is 7.89. The van der Waals surface area contributed by atoms with E-state index in [0.29, 0.717) is 31.1 Å². The van der Waals surface area contributed by atoms with Gasteiger partial charge in [-0.1, -0.05) is 26.3 Å². The number of rotatable bonds is 7. The maximum Gasteiger partial charge on any atom is 0.411 e. The number of hydrogen-bond acceptors (Lipinski definition) is 6. The molecule has 8 nitrogen and oxygen atoms in total. The molecule has 2 heterocycles. The molecule has 1 fully saturated rings. The minimum Gasteiger partial charge on any atom is -0.449 e. The molecule has 0 saturated carbocycles. The van der Waals surface area contributed by atoms with Crippen LogP contribution in [0.15, 0.2) is 40.6 Å². The molecule has 1 aliphatic heterocycles. The predicted molar refractivity (Wildman–Crippen MR) is 121 cm³/mol.